The Kier molecular flexibility index (Phi) is 6.60. The Hall–Kier alpha value is -0.530. The molecule has 14 heavy (non-hydrogen) atoms. The van der Waals surface area contributed by atoms with E-state index in [1.807, 2.05) is 6.92 Å². The molecule has 0 amide bonds. The molecule has 0 aliphatic heterocycles. The van der Waals surface area contributed by atoms with E-state index >= 15 is 0 Å². The second-order valence-corrected chi connectivity index (χ2v) is 5.76. The summed E-state index contributed by atoms with van der Waals surface area (Å²) >= 11 is 0. The third-order valence-electron chi connectivity index (χ3n) is 1.93. The van der Waals surface area contributed by atoms with E-state index in [2.05, 4.69) is 11.2 Å². The first-order valence-electron chi connectivity index (χ1n) is 4.89. The Morgan fingerprint density at radius 3 is 2.64 bits per heavy atom. The molecule has 82 valence electrons. The molecule has 0 saturated heterocycles. The van der Waals surface area contributed by atoms with Gasteiger partial charge in [0.05, 0.1) is 5.75 Å². The molecular weight excluding hydrogens is 198 g/mol. The van der Waals surface area contributed by atoms with Crippen LogP contribution in [0.4, 0.5) is 0 Å². The second-order valence-electron chi connectivity index (χ2n) is 3.36. The summed E-state index contributed by atoms with van der Waals surface area (Å²) in [4.78, 5) is 0. The van der Waals surface area contributed by atoms with Gasteiger partial charge in [0.15, 0.2) is 9.84 Å². The Bertz CT molecular complexity index is 277. The smallest absolute Gasteiger partial charge is 0.151 e. The first kappa shape index (κ1) is 13.5. The molecule has 0 aromatic heterocycles. The second kappa shape index (κ2) is 6.86. The van der Waals surface area contributed by atoms with Gasteiger partial charge in [0.25, 0.3) is 0 Å². The Morgan fingerprint density at radius 1 is 1.50 bits per heavy atom. The van der Waals surface area contributed by atoms with Gasteiger partial charge in [0, 0.05) is 18.2 Å². The normalized spacial score (nSPS) is 13.5. The Labute approximate surface area is 87.2 Å². The van der Waals surface area contributed by atoms with Gasteiger partial charge in [0.1, 0.15) is 0 Å². The van der Waals surface area contributed by atoms with Gasteiger partial charge in [-0.2, -0.15) is 0 Å². The van der Waals surface area contributed by atoms with Crippen molar-refractivity contribution in [2.75, 3.05) is 18.1 Å². The van der Waals surface area contributed by atoms with Crippen LogP contribution in [-0.4, -0.2) is 32.5 Å². The van der Waals surface area contributed by atoms with E-state index in [0.717, 1.165) is 19.4 Å². The Balaban J connectivity index is 3.67. The van der Waals surface area contributed by atoms with Crippen LogP contribution in [0.25, 0.3) is 0 Å². The van der Waals surface area contributed by atoms with E-state index in [4.69, 9.17) is 6.42 Å². The van der Waals surface area contributed by atoms with Crippen molar-refractivity contribution in [2.45, 2.75) is 32.7 Å². The zero-order chi connectivity index (χ0) is 11.0. The maximum atomic E-state index is 11.2. The fourth-order valence-electron chi connectivity index (χ4n) is 1.10. The van der Waals surface area contributed by atoms with Crippen LogP contribution in [0.2, 0.25) is 0 Å². The van der Waals surface area contributed by atoms with Gasteiger partial charge in [-0.25, -0.2) is 8.42 Å². The molecule has 0 aromatic rings. The number of hydrogen-bond donors (Lipinski definition) is 1. The molecule has 0 bridgehead atoms. The van der Waals surface area contributed by atoms with Crippen molar-refractivity contribution >= 4 is 9.84 Å². The number of terminal acetylenes is 1. The standard InChI is InChI=1S/C10H19NO2S/c1-4-6-7-8-11-10(3)9-14(12,13)5-2/h1,10-11H,5-9H2,2-3H3. The van der Waals surface area contributed by atoms with Crippen molar-refractivity contribution in [3.05, 3.63) is 0 Å². The van der Waals surface area contributed by atoms with Gasteiger partial charge in [0.2, 0.25) is 0 Å². The maximum absolute atomic E-state index is 11.2. The van der Waals surface area contributed by atoms with Crippen molar-refractivity contribution in [3.8, 4) is 12.3 Å². The molecule has 0 fully saturated rings. The topological polar surface area (TPSA) is 46.2 Å². The highest BCUT2D eigenvalue weighted by Gasteiger charge is 2.12. The lowest BCUT2D eigenvalue weighted by Gasteiger charge is -2.12. The molecule has 0 rings (SSSR count). The van der Waals surface area contributed by atoms with Crippen LogP contribution in [0, 0.1) is 12.3 Å². The maximum Gasteiger partial charge on any atom is 0.151 e. The fraction of sp³-hybridized carbons (Fsp3) is 0.800. The quantitative estimate of drug-likeness (QED) is 0.507. The third kappa shape index (κ3) is 6.93. The van der Waals surface area contributed by atoms with E-state index in [1.54, 1.807) is 6.92 Å². The van der Waals surface area contributed by atoms with E-state index in [1.165, 1.54) is 0 Å². The highest BCUT2D eigenvalue weighted by atomic mass is 32.2. The summed E-state index contributed by atoms with van der Waals surface area (Å²) in [6.45, 7) is 4.33. The fourth-order valence-corrected chi connectivity index (χ4v) is 2.21. The predicted molar refractivity (Wildman–Crippen MR) is 59.9 cm³/mol. The lowest BCUT2D eigenvalue weighted by molar-refractivity contribution is 0.551. The van der Waals surface area contributed by atoms with Gasteiger partial charge in [-0.15, -0.1) is 12.3 Å². The van der Waals surface area contributed by atoms with Gasteiger partial charge in [-0.3, -0.25) is 0 Å². The van der Waals surface area contributed by atoms with Gasteiger partial charge >= 0.3 is 0 Å². The average molecular weight is 217 g/mol. The summed E-state index contributed by atoms with van der Waals surface area (Å²) in [6, 6.07) is 0.0118. The molecular formula is C10H19NO2S. The van der Waals surface area contributed by atoms with Crippen LogP contribution >= 0.6 is 0 Å². The summed E-state index contributed by atoms with van der Waals surface area (Å²) in [5, 5.41) is 3.13. The number of unbranched alkanes of at least 4 members (excludes halogenated alkanes) is 1. The number of sulfone groups is 1. The van der Waals surface area contributed by atoms with Crippen LogP contribution in [-0.2, 0) is 9.84 Å². The third-order valence-corrected chi connectivity index (χ3v) is 3.82. The first-order valence-corrected chi connectivity index (χ1v) is 6.71. The van der Waals surface area contributed by atoms with E-state index in [9.17, 15) is 8.42 Å². The SMILES string of the molecule is C#CCCCNC(C)CS(=O)(=O)CC. The highest BCUT2D eigenvalue weighted by Crippen LogP contribution is 1.94. The molecule has 0 spiro atoms. The Morgan fingerprint density at radius 2 is 2.14 bits per heavy atom. The monoisotopic (exact) mass is 217 g/mol. The molecule has 0 aliphatic carbocycles. The van der Waals surface area contributed by atoms with Crippen LogP contribution in [0.3, 0.4) is 0 Å². The predicted octanol–water partition coefficient (Wildman–Crippen LogP) is 0.813. The van der Waals surface area contributed by atoms with E-state index in [0.29, 0.717) is 0 Å². The van der Waals surface area contributed by atoms with Crippen molar-refractivity contribution in [1.29, 1.82) is 0 Å². The van der Waals surface area contributed by atoms with Crippen LogP contribution in [0.15, 0.2) is 0 Å². The zero-order valence-electron chi connectivity index (χ0n) is 8.91. The number of hydrogen-bond acceptors (Lipinski definition) is 3. The molecule has 4 heteroatoms. The van der Waals surface area contributed by atoms with E-state index < -0.39 is 9.84 Å². The molecule has 0 aliphatic rings. The minimum Gasteiger partial charge on any atom is -0.313 e. The van der Waals surface area contributed by atoms with Crippen LogP contribution < -0.4 is 5.32 Å². The molecule has 0 radical (unpaired) electrons. The molecule has 0 saturated carbocycles. The van der Waals surface area contributed by atoms with Crippen LogP contribution in [0.1, 0.15) is 26.7 Å². The summed E-state index contributed by atoms with van der Waals surface area (Å²) in [5.74, 6) is 2.96. The summed E-state index contributed by atoms with van der Waals surface area (Å²) < 4.78 is 22.5. The van der Waals surface area contributed by atoms with Crippen LogP contribution in [0.5, 0.6) is 0 Å². The summed E-state index contributed by atoms with van der Waals surface area (Å²) in [7, 11) is -2.86. The summed E-state index contributed by atoms with van der Waals surface area (Å²) in [6.07, 6.45) is 6.73. The van der Waals surface area contributed by atoms with Crippen molar-refractivity contribution in [2.24, 2.45) is 0 Å². The number of rotatable bonds is 7. The van der Waals surface area contributed by atoms with Gasteiger partial charge in [-0.1, -0.05) is 6.92 Å². The zero-order valence-corrected chi connectivity index (χ0v) is 9.73. The molecule has 3 nitrogen and oxygen atoms in total. The molecule has 0 aromatic carbocycles. The molecule has 1 N–H and O–H groups in total. The highest BCUT2D eigenvalue weighted by molar-refractivity contribution is 7.91. The van der Waals surface area contributed by atoms with E-state index in [-0.39, 0.29) is 17.5 Å². The average Bonchev–Trinajstić information content (AvgIpc) is 2.12. The number of nitrogens with one attached hydrogen (secondary N) is 1. The molecule has 1 unspecified atom stereocenters. The molecule has 0 heterocycles. The lowest BCUT2D eigenvalue weighted by atomic mass is 10.3. The molecule has 1 atom stereocenters. The van der Waals surface area contributed by atoms with Crippen molar-refractivity contribution in [1.82, 2.24) is 5.32 Å². The minimum atomic E-state index is -2.86. The largest absolute Gasteiger partial charge is 0.313 e. The minimum absolute atomic E-state index is 0.0118. The van der Waals surface area contributed by atoms with Crippen molar-refractivity contribution < 1.29 is 8.42 Å². The summed E-state index contributed by atoms with van der Waals surface area (Å²) in [5.41, 5.74) is 0. The van der Waals surface area contributed by atoms with Crippen molar-refractivity contribution in [3.63, 3.8) is 0 Å². The van der Waals surface area contributed by atoms with Gasteiger partial charge < -0.3 is 5.32 Å². The first-order chi connectivity index (χ1) is 6.52. The van der Waals surface area contributed by atoms with Gasteiger partial charge in [-0.05, 0) is 19.9 Å². The lowest BCUT2D eigenvalue weighted by Crippen LogP contribution is -2.34.